The van der Waals surface area contributed by atoms with Gasteiger partial charge in [-0.25, -0.2) is 4.39 Å². The minimum Gasteiger partial charge on any atom is -0.493 e. The standard InChI is InChI=1S/C25H31FN2O5/c1-17(25(30)27-15-21-5-4-12-33-21)28(16-18-6-9-20(26)10-7-18)24(29)14-19-8-11-22(31-2)23(13-19)32-3/h6-11,13,17,21H,4-5,12,14-16H2,1-3H3,(H,27,30)/t17-,21+/m1/s1. The smallest absolute Gasteiger partial charge is 0.242 e. The number of benzene rings is 2. The second-order valence-corrected chi connectivity index (χ2v) is 8.07. The quantitative estimate of drug-likeness (QED) is 0.592. The van der Waals surface area contributed by atoms with Gasteiger partial charge in [-0.2, -0.15) is 0 Å². The van der Waals surface area contributed by atoms with Gasteiger partial charge in [0, 0.05) is 19.7 Å². The highest BCUT2D eigenvalue weighted by Crippen LogP contribution is 2.28. The van der Waals surface area contributed by atoms with E-state index in [1.807, 2.05) is 0 Å². The maximum Gasteiger partial charge on any atom is 0.242 e. The van der Waals surface area contributed by atoms with Crippen LogP contribution in [0.4, 0.5) is 4.39 Å². The van der Waals surface area contributed by atoms with E-state index in [1.165, 1.54) is 24.1 Å². The molecular formula is C25H31FN2O5. The summed E-state index contributed by atoms with van der Waals surface area (Å²) in [4.78, 5) is 27.7. The minimum atomic E-state index is -0.718. The van der Waals surface area contributed by atoms with Crippen molar-refractivity contribution in [2.45, 2.75) is 44.9 Å². The molecule has 178 valence electrons. The summed E-state index contributed by atoms with van der Waals surface area (Å²) in [6, 6.07) is 10.5. The van der Waals surface area contributed by atoms with Crippen molar-refractivity contribution in [1.29, 1.82) is 0 Å². The SMILES string of the molecule is COc1ccc(CC(=O)N(Cc2ccc(F)cc2)[C@H](C)C(=O)NC[C@@H]2CCCO2)cc1OC. The summed E-state index contributed by atoms with van der Waals surface area (Å²) >= 11 is 0. The molecule has 1 aliphatic heterocycles. The molecule has 0 spiro atoms. The molecule has 2 atom stereocenters. The number of ether oxygens (including phenoxy) is 3. The van der Waals surface area contributed by atoms with Gasteiger partial charge in [-0.05, 0) is 55.2 Å². The Kier molecular flexibility index (Phi) is 8.65. The molecule has 8 heteroatoms. The highest BCUT2D eigenvalue weighted by atomic mass is 19.1. The van der Waals surface area contributed by atoms with E-state index >= 15 is 0 Å². The number of rotatable bonds is 10. The van der Waals surface area contributed by atoms with Gasteiger partial charge in [0.15, 0.2) is 11.5 Å². The summed E-state index contributed by atoms with van der Waals surface area (Å²) in [5.74, 6) is 0.248. The first-order valence-electron chi connectivity index (χ1n) is 11.1. The average Bonchev–Trinajstić information content (AvgIpc) is 3.35. The van der Waals surface area contributed by atoms with Gasteiger partial charge in [-0.15, -0.1) is 0 Å². The van der Waals surface area contributed by atoms with E-state index in [2.05, 4.69) is 5.32 Å². The zero-order valence-electron chi connectivity index (χ0n) is 19.3. The molecule has 1 fully saturated rings. The third kappa shape index (κ3) is 6.68. The lowest BCUT2D eigenvalue weighted by molar-refractivity contribution is -0.140. The Hall–Kier alpha value is -3.13. The number of amides is 2. The van der Waals surface area contributed by atoms with Gasteiger partial charge < -0.3 is 24.4 Å². The zero-order valence-corrected chi connectivity index (χ0v) is 19.3. The van der Waals surface area contributed by atoms with Crippen LogP contribution in [-0.4, -0.2) is 56.2 Å². The first kappa shape index (κ1) is 24.5. The Labute approximate surface area is 193 Å². The fraction of sp³-hybridized carbons (Fsp3) is 0.440. The third-order valence-electron chi connectivity index (χ3n) is 5.76. The van der Waals surface area contributed by atoms with Crippen molar-refractivity contribution in [3.8, 4) is 11.5 Å². The fourth-order valence-corrected chi connectivity index (χ4v) is 3.80. The molecule has 0 saturated carbocycles. The number of carbonyl (C=O) groups excluding carboxylic acids is 2. The van der Waals surface area contributed by atoms with Crippen molar-refractivity contribution in [2.24, 2.45) is 0 Å². The van der Waals surface area contributed by atoms with Crippen LogP contribution in [0.2, 0.25) is 0 Å². The molecule has 0 unspecified atom stereocenters. The van der Waals surface area contributed by atoms with E-state index in [4.69, 9.17) is 14.2 Å². The first-order valence-corrected chi connectivity index (χ1v) is 11.1. The molecule has 2 aromatic carbocycles. The Morgan fingerprint density at radius 2 is 1.82 bits per heavy atom. The average molecular weight is 459 g/mol. The van der Waals surface area contributed by atoms with Crippen LogP contribution in [0.5, 0.6) is 11.5 Å². The van der Waals surface area contributed by atoms with Crippen molar-refractivity contribution in [3.05, 3.63) is 59.4 Å². The first-order chi connectivity index (χ1) is 15.9. The summed E-state index contributed by atoms with van der Waals surface area (Å²) in [5.41, 5.74) is 1.46. The molecule has 2 amide bonds. The summed E-state index contributed by atoms with van der Waals surface area (Å²) in [5, 5.41) is 2.90. The van der Waals surface area contributed by atoms with Gasteiger partial charge in [0.05, 0.1) is 26.7 Å². The van der Waals surface area contributed by atoms with E-state index in [0.717, 1.165) is 24.0 Å². The number of hydrogen-bond acceptors (Lipinski definition) is 5. The summed E-state index contributed by atoms with van der Waals surface area (Å²) in [6.45, 7) is 3.00. The Bertz CT molecular complexity index is 944. The van der Waals surface area contributed by atoms with Crippen LogP contribution < -0.4 is 14.8 Å². The van der Waals surface area contributed by atoms with E-state index in [9.17, 15) is 14.0 Å². The van der Waals surface area contributed by atoms with Gasteiger partial charge in [0.25, 0.3) is 0 Å². The largest absolute Gasteiger partial charge is 0.493 e. The molecule has 2 aromatic rings. The van der Waals surface area contributed by atoms with Crippen molar-refractivity contribution >= 4 is 11.8 Å². The molecule has 3 rings (SSSR count). The molecule has 1 aliphatic rings. The lowest BCUT2D eigenvalue weighted by Crippen LogP contribution is -2.49. The van der Waals surface area contributed by atoms with Crippen molar-refractivity contribution < 1.29 is 28.2 Å². The fourth-order valence-electron chi connectivity index (χ4n) is 3.80. The Morgan fingerprint density at radius 3 is 2.45 bits per heavy atom. The second-order valence-electron chi connectivity index (χ2n) is 8.07. The normalized spacial score (nSPS) is 16.2. The molecular weight excluding hydrogens is 427 g/mol. The second kappa shape index (κ2) is 11.7. The monoisotopic (exact) mass is 458 g/mol. The predicted octanol–water partition coefficient (Wildman–Crippen LogP) is 3.10. The van der Waals surface area contributed by atoms with E-state index < -0.39 is 6.04 Å². The predicted molar refractivity (Wildman–Crippen MR) is 122 cm³/mol. The number of carbonyl (C=O) groups is 2. The van der Waals surface area contributed by atoms with Crippen molar-refractivity contribution in [3.63, 3.8) is 0 Å². The molecule has 1 saturated heterocycles. The van der Waals surface area contributed by atoms with Gasteiger partial charge >= 0.3 is 0 Å². The minimum absolute atomic E-state index is 0.00849. The molecule has 1 heterocycles. The number of halogens is 1. The van der Waals surface area contributed by atoms with Crippen LogP contribution in [0.3, 0.4) is 0 Å². The van der Waals surface area contributed by atoms with E-state index in [-0.39, 0.29) is 36.7 Å². The van der Waals surface area contributed by atoms with Crippen molar-refractivity contribution in [1.82, 2.24) is 10.2 Å². The number of methoxy groups -OCH3 is 2. The summed E-state index contributed by atoms with van der Waals surface area (Å²) in [7, 11) is 3.08. The Balaban J connectivity index is 1.75. The number of nitrogens with zero attached hydrogens (tertiary/aromatic N) is 1. The zero-order chi connectivity index (χ0) is 23.8. The molecule has 33 heavy (non-hydrogen) atoms. The highest BCUT2D eigenvalue weighted by molar-refractivity contribution is 5.88. The van der Waals surface area contributed by atoms with Crippen LogP contribution in [0, 0.1) is 5.82 Å². The lowest BCUT2D eigenvalue weighted by atomic mass is 10.1. The number of nitrogens with one attached hydrogen (secondary N) is 1. The van der Waals surface area contributed by atoms with E-state index in [0.29, 0.717) is 24.7 Å². The maximum absolute atomic E-state index is 13.4. The van der Waals surface area contributed by atoms with E-state index in [1.54, 1.807) is 44.4 Å². The van der Waals surface area contributed by atoms with Crippen LogP contribution in [0.1, 0.15) is 30.9 Å². The van der Waals surface area contributed by atoms with Crippen LogP contribution >= 0.6 is 0 Å². The molecule has 0 radical (unpaired) electrons. The van der Waals surface area contributed by atoms with Crippen molar-refractivity contribution in [2.75, 3.05) is 27.4 Å². The van der Waals surface area contributed by atoms with Gasteiger partial charge in [-0.1, -0.05) is 18.2 Å². The molecule has 1 N–H and O–H groups in total. The summed E-state index contributed by atoms with van der Waals surface area (Å²) in [6.07, 6.45) is 1.97. The molecule has 0 aromatic heterocycles. The van der Waals surface area contributed by atoms with Crippen LogP contribution in [0.25, 0.3) is 0 Å². The van der Waals surface area contributed by atoms with Crippen LogP contribution in [-0.2, 0) is 27.3 Å². The van der Waals surface area contributed by atoms with Gasteiger partial charge in [0.1, 0.15) is 11.9 Å². The maximum atomic E-state index is 13.4. The third-order valence-corrected chi connectivity index (χ3v) is 5.76. The lowest BCUT2D eigenvalue weighted by Gasteiger charge is -2.29. The number of hydrogen-bond donors (Lipinski definition) is 1. The topological polar surface area (TPSA) is 77.1 Å². The highest BCUT2D eigenvalue weighted by Gasteiger charge is 2.27. The Morgan fingerprint density at radius 1 is 1.12 bits per heavy atom. The summed E-state index contributed by atoms with van der Waals surface area (Å²) < 4.78 is 29.5. The van der Waals surface area contributed by atoms with Gasteiger partial charge in [0.2, 0.25) is 11.8 Å². The molecule has 0 aliphatic carbocycles. The molecule has 7 nitrogen and oxygen atoms in total. The molecule has 0 bridgehead atoms. The van der Waals surface area contributed by atoms with Crippen LogP contribution in [0.15, 0.2) is 42.5 Å². The van der Waals surface area contributed by atoms with Gasteiger partial charge in [-0.3, -0.25) is 9.59 Å².